The molecule has 1 saturated heterocycles. The number of anilines is 1. The van der Waals surface area contributed by atoms with E-state index >= 15 is 0 Å². The van der Waals surface area contributed by atoms with E-state index in [1.165, 1.54) is 16.8 Å². The SMILES string of the molecule is Cc1cccc(N2CCCC(C#N)C2(C)C)c1C. The van der Waals surface area contributed by atoms with Gasteiger partial charge in [0.1, 0.15) is 0 Å². The zero-order chi connectivity index (χ0) is 13.3. The number of piperidine rings is 1. The third kappa shape index (κ3) is 1.99. The summed E-state index contributed by atoms with van der Waals surface area (Å²) in [7, 11) is 0. The van der Waals surface area contributed by atoms with Crippen molar-refractivity contribution in [2.45, 2.75) is 46.1 Å². The summed E-state index contributed by atoms with van der Waals surface area (Å²) < 4.78 is 0. The first-order chi connectivity index (χ1) is 8.48. The van der Waals surface area contributed by atoms with Gasteiger partial charge in [-0.15, -0.1) is 0 Å². The predicted octanol–water partition coefficient (Wildman–Crippen LogP) is 3.82. The topological polar surface area (TPSA) is 27.0 Å². The van der Waals surface area contributed by atoms with Crippen LogP contribution in [0.3, 0.4) is 0 Å². The number of rotatable bonds is 1. The summed E-state index contributed by atoms with van der Waals surface area (Å²) in [5, 5.41) is 9.34. The first kappa shape index (κ1) is 13.0. The molecular formula is C16H22N2. The van der Waals surface area contributed by atoms with Crippen LogP contribution in [0.1, 0.15) is 37.8 Å². The van der Waals surface area contributed by atoms with Crippen LogP contribution in [0.2, 0.25) is 0 Å². The molecule has 2 rings (SSSR count). The van der Waals surface area contributed by atoms with Gasteiger partial charge in [-0.3, -0.25) is 0 Å². The molecule has 0 bridgehead atoms. The van der Waals surface area contributed by atoms with Crippen molar-refractivity contribution in [2.24, 2.45) is 5.92 Å². The molecule has 0 radical (unpaired) electrons. The summed E-state index contributed by atoms with van der Waals surface area (Å²) in [5.74, 6) is 0.117. The smallest absolute Gasteiger partial charge is 0.0690 e. The Morgan fingerprint density at radius 1 is 1.33 bits per heavy atom. The molecule has 1 fully saturated rings. The fourth-order valence-electron chi connectivity index (χ4n) is 2.96. The Morgan fingerprint density at radius 3 is 2.72 bits per heavy atom. The molecule has 1 aromatic carbocycles. The Kier molecular flexibility index (Phi) is 3.34. The zero-order valence-electron chi connectivity index (χ0n) is 11.8. The highest BCUT2D eigenvalue weighted by Gasteiger charge is 2.39. The summed E-state index contributed by atoms with van der Waals surface area (Å²) in [6.45, 7) is 9.77. The summed E-state index contributed by atoms with van der Waals surface area (Å²) in [6, 6.07) is 8.94. The number of nitriles is 1. The van der Waals surface area contributed by atoms with E-state index in [1.807, 2.05) is 0 Å². The Balaban J connectivity index is 2.44. The average Bonchev–Trinajstić information content (AvgIpc) is 2.33. The van der Waals surface area contributed by atoms with Gasteiger partial charge in [-0.1, -0.05) is 12.1 Å². The number of hydrogen-bond acceptors (Lipinski definition) is 2. The van der Waals surface area contributed by atoms with E-state index in [9.17, 15) is 5.26 Å². The highest BCUT2D eigenvalue weighted by Crippen LogP contribution is 2.38. The molecule has 0 spiro atoms. The molecule has 96 valence electrons. The van der Waals surface area contributed by atoms with Crippen LogP contribution in [0.4, 0.5) is 5.69 Å². The minimum atomic E-state index is -0.0778. The van der Waals surface area contributed by atoms with Crippen LogP contribution in [-0.2, 0) is 0 Å². The van der Waals surface area contributed by atoms with Crippen LogP contribution in [0.25, 0.3) is 0 Å². The molecule has 1 heterocycles. The highest BCUT2D eigenvalue weighted by molar-refractivity contribution is 5.58. The molecule has 1 atom stereocenters. The first-order valence-electron chi connectivity index (χ1n) is 6.72. The monoisotopic (exact) mass is 242 g/mol. The second-order valence-electron chi connectivity index (χ2n) is 5.85. The van der Waals surface area contributed by atoms with Crippen LogP contribution in [0.15, 0.2) is 18.2 Å². The fourth-order valence-corrected chi connectivity index (χ4v) is 2.96. The second-order valence-corrected chi connectivity index (χ2v) is 5.85. The maximum atomic E-state index is 9.34. The average molecular weight is 242 g/mol. The van der Waals surface area contributed by atoms with E-state index in [4.69, 9.17) is 0 Å². The molecule has 0 aliphatic carbocycles. The maximum absolute atomic E-state index is 9.34. The summed E-state index contributed by atoms with van der Waals surface area (Å²) in [5.41, 5.74) is 3.87. The van der Waals surface area contributed by atoms with Gasteiger partial charge in [0.05, 0.1) is 17.5 Å². The van der Waals surface area contributed by atoms with Gasteiger partial charge >= 0.3 is 0 Å². The van der Waals surface area contributed by atoms with Crippen molar-refractivity contribution in [3.63, 3.8) is 0 Å². The highest BCUT2D eigenvalue weighted by atomic mass is 15.2. The number of nitrogens with zero attached hydrogens (tertiary/aromatic N) is 2. The lowest BCUT2D eigenvalue weighted by molar-refractivity contribution is 0.292. The fraction of sp³-hybridized carbons (Fsp3) is 0.562. The minimum Gasteiger partial charge on any atom is -0.365 e. The van der Waals surface area contributed by atoms with Gasteiger partial charge < -0.3 is 4.90 Å². The predicted molar refractivity (Wildman–Crippen MR) is 75.7 cm³/mol. The van der Waals surface area contributed by atoms with E-state index in [1.54, 1.807) is 0 Å². The zero-order valence-corrected chi connectivity index (χ0v) is 11.8. The molecule has 0 saturated carbocycles. The maximum Gasteiger partial charge on any atom is 0.0690 e. The third-order valence-corrected chi connectivity index (χ3v) is 4.45. The Hall–Kier alpha value is -1.49. The molecule has 1 aromatic rings. The van der Waals surface area contributed by atoms with E-state index in [0.29, 0.717) is 0 Å². The van der Waals surface area contributed by atoms with Gasteiger partial charge in [0.25, 0.3) is 0 Å². The van der Waals surface area contributed by atoms with Gasteiger partial charge in [-0.05, 0) is 57.7 Å². The van der Waals surface area contributed by atoms with Gasteiger partial charge in [0, 0.05) is 12.2 Å². The molecule has 0 amide bonds. The molecule has 2 nitrogen and oxygen atoms in total. The number of aryl methyl sites for hydroxylation is 1. The van der Waals surface area contributed by atoms with E-state index in [0.717, 1.165) is 19.4 Å². The quantitative estimate of drug-likeness (QED) is 0.748. The standard InChI is InChI=1S/C16H22N2/c1-12-7-5-9-15(13(12)2)18-10-6-8-14(11-17)16(18,3)4/h5,7,9,14H,6,8,10H2,1-4H3. The molecule has 18 heavy (non-hydrogen) atoms. The number of benzene rings is 1. The van der Waals surface area contributed by atoms with Crippen molar-refractivity contribution < 1.29 is 0 Å². The molecule has 1 aliphatic rings. The van der Waals surface area contributed by atoms with E-state index in [2.05, 4.69) is 56.9 Å². The normalized spacial score (nSPS) is 22.6. The van der Waals surface area contributed by atoms with Crippen molar-refractivity contribution in [3.05, 3.63) is 29.3 Å². The van der Waals surface area contributed by atoms with Crippen LogP contribution in [0.5, 0.6) is 0 Å². The summed E-state index contributed by atoms with van der Waals surface area (Å²) in [4.78, 5) is 2.42. The lowest BCUT2D eigenvalue weighted by atomic mass is 9.79. The van der Waals surface area contributed by atoms with Gasteiger partial charge in [0.2, 0.25) is 0 Å². The van der Waals surface area contributed by atoms with E-state index < -0.39 is 0 Å². The molecular weight excluding hydrogens is 220 g/mol. The van der Waals surface area contributed by atoms with Crippen molar-refractivity contribution in [3.8, 4) is 6.07 Å². The van der Waals surface area contributed by atoms with Gasteiger partial charge in [-0.2, -0.15) is 5.26 Å². The second kappa shape index (κ2) is 4.65. The molecule has 0 aromatic heterocycles. The first-order valence-corrected chi connectivity index (χ1v) is 6.72. The Morgan fingerprint density at radius 2 is 2.06 bits per heavy atom. The van der Waals surface area contributed by atoms with Crippen LogP contribution >= 0.6 is 0 Å². The van der Waals surface area contributed by atoms with Crippen LogP contribution in [0, 0.1) is 31.1 Å². The van der Waals surface area contributed by atoms with Crippen molar-refractivity contribution in [1.82, 2.24) is 0 Å². The lowest BCUT2D eigenvalue weighted by Crippen LogP contribution is -2.53. The Bertz CT molecular complexity index is 482. The molecule has 0 N–H and O–H groups in total. The molecule has 2 heteroatoms. The van der Waals surface area contributed by atoms with Gasteiger partial charge in [0.15, 0.2) is 0 Å². The minimum absolute atomic E-state index is 0.0778. The van der Waals surface area contributed by atoms with Crippen molar-refractivity contribution in [2.75, 3.05) is 11.4 Å². The Labute approximate surface area is 110 Å². The number of hydrogen-bond donors (Lipinski definition) is 0. The summed E-state index contributed by atoms with van der Waals surface area (Å²) in [6.07, 6.45) is 2.12. The van der Waals surface area contributed by atoms with Crippen LogP contribution in [-0.4, -0.2) is 12.1 Å². The van der Waals surface area contributed by atoms with E-state index in [-0.39, 0.29) is 11.5 Å². The van der Waals surface area contributed by atoms with Crippen molar-refractivity contribution >= 4 is 5.69 Å². The largest absolute Gasteiger partial charge is 0.365 e. The lowest BCUT2D eigenvalue weighted by Gasteiger charge is -2.47. The van der Waals surface area contributed by atoms with Crippen LogP contribution < -0.4 is 4.90 Å². The molecule has 1 aliphatic heterocycles. The third-order valence-electron chi connectivity index (χ3n) is 4.45. The summed E-state index contributed by atoms with van der Waals surface area (Å²) >= 11 is 0. The van der Waals surface area contributed by atoms with Gasteiger partial charge in [-0.25, -0.2) is 0 Å². The molecule has 1 unspecified atom stereocenters. The van der Waals surface area contributed by atoms with Crippen molar-refractivity contribution in [1.29, 1.82) is 5.26 Å².